The first-order valence-corrected chi connectivity index (χ1v) is 19.6. The molecule has 21 nitrogen and oxygen atoms in total. The molecule has 4 aliphatic rings. The number of rotatable bonds is 14. The average molecular weight is 854 g/mol. The second kappa shape index (κ2) is 17.0. The van der Waals surface area contributed by atoms with Crippen molar-refractivity contribution in [1.29, 1.82) is 0 Å². The van der Waals surface area contributed by atoms with E-state index in [4.69, 9.17) is 34.2 Å². The second-order valence-electron chi connectivity index (χ2n) is 14.8. The third-order valence-corrected chi connectivity index (χ3v) is 11.1. The van der Waals surface area contributed by atoms with E-state index >= 15 is 0 Å². The van der Waals surface area contributed by atoms with Gasteiger partial charge in [-0.05, 0) is 37.9 Å². The average Bonchev–Trinajstić information content (AvgIpc) is 3.88. The van der Waals surface area contributed by atoms with Crippen molar-refractivity contribution in [2.45, 2.75) is 56.5 Å². The standard InChI is InChI=1S/C41H43N9O12/c1-50-14-13-21-26(30(50)31-22-9-11-24(57-2)32(58-3)27(22)40(56)62-31)33(59-4)35-34(60-17-61-35)28(21)47-25(51)12-10-23(39(54)55)46-37(52)18-5-7-19(8-6-18)43-15-20-16-44-36-29(45-20)38(53)49-41(42)48-36/h5-7,9,11,16,19,23,30-31,43H,8,10,12-15,17H2,1-4H3,(H,46,52)(H,47,51)(H,54,55)(H3,42,44,48,49,53). The number of aromatic amines is 1. The van der Waals surface area contributed by atoms with Gasteiger partial charge in [-0.1, -0.05) is 24.3 Å². The molecule has 2 amide bonds. The summed E-state index contributed by atoms with van der Waals surface area (Å²) in [7, 11) is 6.30. The predicted molar refractivity (Wildman–Crippen MR) is 218 cm³/mol. The number of H-pyrrole nitrogens is 1. The number of cyclic esters (lactones) is 1. The zero-order valence-corrected chi connectivity index (χ0v) is 34.0. The van der Waals surface area contributed by atoms with Gasteiger partial charge in [0.1, 0.15) is 17.7 Å². The summed E-state index contributed by atoms with van der Waals surface area (Å²) in [6, 6.07) is 1.27. The van der Waals surface area contributed by atoms with Gasteiger partial charge in [0, 0.05) is 42.3 Å². The number of anilines is 2. The fraction of sp³-hybridized carbons (Fsp3) is 0.366. The number of carbonyl (C=O) groups excluding carboxylic acids is 3. The van der Waals surface area contributed by atoms with Crippen molar-refractivity contribution in [2.24, 2.45) is 0 Å². The van der Waals surface area contributed by atoms with E-state index < -0.39 is 47.5 Å². The molecule has 0 saturated carbocycles. The number of nitrogens with zero attached hydrogens (tertiary/aromatic N) is 4. The van der Waals surface area contributed by atoms with Crippen molar-refractivity contribution in [2.75, 3.05) is 52.8 Å². The van der Waals surface area contributed by atoms with Crippen molar-refractivity contribution in [3.8, 4) is 28.7 Å². The molecule has 0 radical (unpaired) electrons. The quantitative estimate of drug-likeness (QED) is 0.0987. The van der Waals surface area contributed by atoms with Gasteiger partial charge in [0.05, 0.1) is 44.9 Å². The highest BCUT2D eigenvalue weighted by atomic mass is 16.7. The first-order valence-electron chi connectivity index (χ1n) is 19.6. The lowest BCUT2D eigenvalue weighted by Gasteiger charge is -2.39. The molecule has 62 heavy (non-hydrogen) atoms. The lowest BCUT2D eigenvalue weighted by atomic mass is 9.84. The number of benzene rings is 2. The monoisotopic (exact) mass is 853 g/mol. The Morgan fingerprint density at radius 2 is 1.87 bits per heavy atom. The summed E-state index contributed by atoms with van der Waals surface area (Å²) >= 11 is 0. The summed E-state index contributed by atoms with van der Waals surface area (Å²) in [5.41, 5.74) is 8.44. The summed E-state index contributed by atoms with van der Waals surface area (Å²) in [4.78, 5) is 81.7. The Balaban J connectivity index is 0.943. The number of esters is 1. The third kappa shape index (κ3) is 7.66. The van der Waals surface area contributed by atoms with E-state index in [0.29, 0.717) is 59.0 Å². The zero-order valence-electron chi connectivity index (χ0n) is 34.0. The molecule has 3 aliphatic heterocycles. The Labute approximate surface area is 352 Å². The van der Waals surface area contributed by atoms with Gasteiger partial charge in [0.25, 0.3) is 11.5 Å². The second-order valence-corrected chi connectivity index (χ2v) is 14.8. The van der Waals surface area contributed by atoms with Crippen LogP contribution in [0.3, 0.4) is 0 Å². The molecule has 0 bridgehead atoms. The smallest absolute Gasteiger partial charge is 0.343 e. The first-order chi connectivity index (χ1) is 29.9. The lowest BCUT2D eigenvalue weighted by molar-refractivity contribution is -0.141. The number of nitrogens with one attached hydrogen (secondary N) is 4. The summed E-state index contributed by atoms with van der Waals surface area (Å²) < 4.78 is 34.7. The van der Waals surface area contributed by atoms with Crippen LogP contribution in [-0.4, -0.2) is 107 Å². The SMILES string of the molecule is COc1ccc2c(c1OC)C(=O)OC2C1c2c(c(NC(=O)CCC(NC(=O)C3=CCC(NCc4cnc5nc(N)[nH]c(=O)c5n4)C=C3)C(=O)O)c3c(c2OC)OCO3)CCN1C. The topological polar surface area (TPSA) is 281 Å². The first kappa shape index (κ1) is 41.5. The number of hydrogen-bond donors (Lipinski definition) is 6. The molecule has 0 spiro atoms. The van der Waals surface area contributed by atoms with E-state index in [1.807, 2.05) is 11.9 Å². The van der Waals surface area contributed by atoms with Gasteiger partial charge in [-0.2, -0.15) is 4.98 Å². The van der Waals surface area contributed by atoms with Gasteiger partial charge in [-0.3, -0.25) is 24.3 Å². The number of likely N-dealkylation sites (N-methyl/N-ethyl adjacent to an activating group) is 1. The molecule has 7 N–H and O–H groups in total. The number of aromatic nitrogens is 4. The van der Waals surface area contributed by atoms with Gasteiger partial charge in [0.15, 0.2) is 34.2 Å². The van der Waals surface area contributed by atoms with E-state index in [2.05, 4.69) is 35.9 Å². The summed E-state index contributed by atoms with van der Waals surface area (Å²) in [5.74, 6) is -1.62. The van der Waals surface area contributed by atoms with Crippen LogP contribution in [0, 0.1) is 0 Å². The number of aliphatic carboxylic acids is 1. The largest absolute Gasteiger partial charge is 0.493 e. The van der Waals surface area contributed by atoms with Crippen LogP contribution in [0.25, 0.3) is 11.2 Å². The third-order valence-electron chi connectivity index (χ3n) is 11.1. The van der Waals surface area contributed by atoms with E-state index in [0.717, 1.165) is 0 Å². The van der Waals surface area contributed by atoms with Crippen LogP contribution in [0.1, 0.15) is 64.2 Å². The van der Waals surface area contributed by atoms with Crippen molar-refractivity contribution in [3.63, 3.8) is 0 Å². The fourth-order valence-electron chi connectivity index (χ4n) is 8.17. The maximum absolute atomic E-state index is 13.7. The molecule has 4 unspecified atom stereocenters. The van der Waals surface area contributed by atoms with Crippen LogP contribution < -0.4 is 50.9 Å². The zero-order chi connectivity index (χ0) is 43.8. The van der Waals surface area contributed by atoms with Crippen LogP contribution in [0.5, 0.6) is 28.7 Å². The van der Waals surface area contributed by atoms with Gasteiger partial charge >= 0.3 is 11.9 Å². The van der Waals surface area contributed by atoms with Gasteiger partial charge in [-0.25, -0.2) is 19.6 Å². The van der Waals surface area contributed by atoms with Crippen LogP contribution >= 0.6 is 0 Å². The fourth-order valence-corrected chi connectivity index (χ4v) is 8.17. The Kier molecular flexibility index (Phi) is 11.4. The molecule has 2 aromatic carbocycles. The summed E-state index contributed by atoms with van der Waals surface area (Å²) in [6.45, 7) is 0.596. The number of carboxylic acids is 1. The summed E-state index contributed by atoms with van der Waals surface area (Å²) in [6.07, 6.45) is 6.00. The molecule has 5 heterocycles. The Hall–Kier alpha value is -7.26. The molecule has 4 atom stereocenters. The lowest BCUT2D eigenvalue weighted by Crippen LogP contribution is -2.42. The molecule has 8 rings (SSSR count). The molecule has 2 aromatic heterocycles. The molecule has 0 saturated heterocycles. The minimum Gasteiger partial charge on any atom is -0.493 e. The minimum absolute atomic E-state index is 0.0561. The van der Waals surface area contributed by atoms with Crippen molar-refractivity contribution in [3.05, 3.63) is 80.4 Å². The molecule has 0 fully saturated rings. The molecule has 4 aromatic rings. The van der Waals surface area contributed by atoms with Crippen molar-refractivity contribution in [1.82, 2.24) is 35.5 Å². The van der Waals surface area contributed by atoms with Crippen LogP contribution in [-0.2, 0) is 32.1 Å². The van der Waals surface area contributed by atoms with Crippen LogP contribution in [0.15, 0.2) is 46.9 Å². The maximum atomic E-state index is 13.7. The van der Waals surface area contributed by atoms with Crippen LogP contribution in [0.2, 0.25) is 0 Å². The van der Waals surface area contributed by atoms with Crippen molar-refractivity contribution >= 4 is 46.6 Å². The molecular formula is C41H43N9O12. The number of nitrogens with two attached hydrogens (primary N) is 1. The number of hydrogen-bond acceptors (Lipinski definition) is 17. The number of carboxylic acid groups (broad SMARTS) is 1. The maximum Gasteiger partial charge on any atom is 0.343 e. The highest BCUT2D eigenvalue weighted by Gasteiger charge is 2.47. The molecule has 324 valence electrons. The highest BCUT2D eigenvalue weighted by Crippen LogP contribution is 2.58. The number of fused-ring (bicyclic) bond motifs is 4. The van der Waals surface area contributed by atoms with Crippen molar-refractivity contribution < 1.29 is 52.7 Å². The van der Waals surface area contributed by atoms with E-state index in [9.17, 15) is 29.1 Å². The number of methoxy groups -OCH3 is 3. The number of amides is 2. The molecule has 21 heteroatoms. The van der Waals surface area contributed by atoms with Gasteiger partial charge < -0.3 is 55.2 Å². The number of carbonyl (C=O) groups is 4. The highest BCUT2D eigenvalue weighted by molar-refractivity contribution is 6.00. The predicted octanol–water partition coefficient (Wildman–Crippen LogP) is 1.82. The normalized spacial score (nSPS) is 19.2. The number of nitrogen functional groups attached to an aromatic ring is 1. The van der Waals surface area contributed by atoms with E-state index in [-0.39, 0.29) is 77.7 Å². The summed E-state index contributed by atoms with van der Waals surface area (Å²) in [5, 5.41) is 18.8. The Morgan fingerprint density at radius 1 is 1.08 bits per heavy atom. The molecule has 1 aliphatic carbocycles. The number of ether oxygens (including phenoxy) is 6. The minimum atomic E-state index is -1.39. The van der Waals surface area contributed by atoms with Gasteiger partial charge in [0.2, 0.25) is 24.4 Å². The van der Waals surface area contributed by atoms with Gasteiger partial charge in [-0.15, -0.1) is 0 Å². The van der Waals surface area contributed by atoms with E-state index in [1.165, 1.54) is 27.5 Å². The van der Waals surface area contributed by atoms with Crippen LogP contribution in [0.4, 0.5) is 11.6 Å². The Morgan fingerprint density at radius 3 is 2.60 bits per heavy atom. The van der Waals surface area contributed by atoms with E-state index in [1.54, 1.807) is 30.4 Å². The molecular weight excluding hydrogens is 811 g/mol. The Bertz CT molecular complexity index is 2630.